The van der Waals surface area contributed by atoms with E-state index in [0.717, 1.165) is 10.9 Å². The van der Waals surface area contributed by atoms with Crippen molar-refractivity contribution in [3.8, 4) is 5.75 Å². The van der Waals surface area contributed by atoms with E-state index in [1.807, 2.05) is 30.3 Å². The molecule has 0 unspecified atom stereocenters. The first-order chi connectivity index (χ1) is 10.8. The molecule has 0 radical (unpaired) electrons. The summed E-state index contributed by atoms with van der Waals surface area (Å²) in [5.41, 5.74) is 7.72. The predicted octanol–water partition coefficient (Wildman–Crippen LogP) is 1.63. The molecule has 0 aromatic heterocycles. The van der Waals surface area contributed by atoms with Crippen LogP contribution in [-0.2, 0) is 4.65 Å². The number of nitrogens with two attached hydrogens (primary N) is 1. The fraction of sp³-hybridized carbons (Fsp3) is 0.111. The summed E-state index contributed by atoms with van der Waals surface area (Å²) in [7, 11) is 0. The summed E-state index contributed by atoms with van der Waals surface area (Å²) in [4.78, 5) is 0. The summed E-state index contributed by atoms with van der Waals surface area (Å²) >= 11 is 0. The lowest BCUT2D eigenvalue weighted by atomic mass is 9.54. The number of phenolic OH excluding ortho intramolecular Hbond substituents is 1. The van der Waals surface area contributed by atoms with Crippen LogP contribution in [0.3, 0.4) is 0 Å². The highest BCUT2D eigenvalue weighted by atomic mass is 16.4. The van der Waals surface area contributed by atoms with Crippen molar-refractivity contribution >= 4 is 28.6 Å². The van der Waals surface area contributed by atoms with Crippen molar-refractivity contribution in [1.82, 2.24) is 0 Å². The number of benzene rings is 3. The quantitative estimate of drug-likeness (QED) is 0.702. The topological polar surface area (TPSA) is 55.5 Å². The largest absolute Gasteiger partial charge is 0.508 e. The van der Waals surface area contributed by atoms with E-state index in [9.17, 15) is 5.11 Å². The Morgan fingerprint density at radius 3 is 2.41 bits per heavy atom. The molecule has 0 aliphatic rings. The van der Waals surface area contributed by atoms with Crippen LogP contribution in [0.25, 0.3) is 10.8 Å². The Hall–Kier alpha value is -2.30. The van der Waals surface area contributed by atoms with Gasteiger partial charge in [0.1, 0.15) is 5.75 Å². The summed E-state index contributed by atoms with van der Waals surface area (Å²) < 4.78 is 6.00. The van der Waals surface area contributed by atoms with Crippen LogP contribution >= 0.6 is 0 Å². The normalized spacial score (nSPS) is 10.8. The van der Waals surface area contributed by atoms with Gasteiger partial charge in [-0.1, -0.05) is 54.6 Å². The van der Waals surface area contributed by atoms with Crippen LogP contribution in [0.5, 0.6) is 5.75 Å². The second kappa shape index (κ2) is 6.64. The Morgan fingerprint density at radius 1 is 0.909 bits per heavy atom. The number of rotatable bonds is 5. The lowest BCUT2D eigenvalue weighted by Crippen LogP contribution is -2.46. The smallest absolute Gasteiger partial charge is 0.362 e. The molecular formula is C18H18BNO2. The van der Waals surface area contributed by atoms with Gasteiger partial charge in [0.05, 0.1) is 0 Å². The molecule has 0 aliphatic heterocycles. The number of aromatic hydroxyl groups is 1. The summed E-state index contributed by atoms with van der Waals surface area (Å²) in [6.07, 6.45) is 0. The van der Waals surface area contributed by atoms with Crippen molar-refractivity contribution in [2.45, 2.75) is 0 Å². The highest BCUT2D eigenvalue weighted by Crippen LogP contribution is 2.13. The van der Waals surface area contributed by atoms with Gasteiger partial charge in [-0.05, 0) is 33.8 Å². The average Bonchev–Trinajstić information content (AvgIpc) is 2.57. The Bertz CT molecular complexity index is 753. The number of fused-ring (bicyclic) bond motifs is 1. The Labute approximate surface area is 130 Å². The van der Waals surface area contributed by atoms with Crippen molar-refractivity contribution in [2.24, 2.45) is 5.73 Å². The van der Waals surface area contributed by atoms with Gasteiger partial charge in [-0.25, -0.2) is 0 Å². The molecule has 0 aliphatic carbocycles. The Balaban J connectivity index is 2.09. The first kappa shape index (κ1) is 14.6. The predicted molar refractivity (Wildman–Crippen MR) is 92.1 cm³/mol. The zero-order valence-electron chi connectivity index (χ0n) is 12.3. The highest BCUT2D eigenvalue weighted by molar-refractivity contribution is 6.81. The lowest BCUT2D eigenvalue weighted by Gasteiger charge is -2.17. The van der Waals surface area contributed by atoms with Crippen molar-refractivity contribution < 1.29 is 9.76 Å². The second-order valence-electron chi connectivity index (χ2n) is 5.20. The molecule has 0 amide bonds. The molecule has 0 heterocycles. The molecule has 0 bridgehead atoms. The number of hydrogen-bond donors (Lipinski definition) is 2. The molecule has 3 nitrogen and oxygen atoms in total. The molecule has 3 aromatic carbocycles. The van der Waals surface area contributed by atoms with Gasteiger partial charge in [0.15, 0.2) is 0 Å². The third-order valence-corrected chi connectivity index (χ3v) is 3.70. The standard InChI is InChI=1S/C18H18BNO2/c20-12-13-22-19(15-8-10-16(21)11-9-15)18-7-3-5-14-4-1-2-6-17(14)18/h1-11,21H,12-13,20H2. The zero-order valence-corrected chi connectivity index (χ0v) is 12.3. The minimum absolute atomic E-state index is 0.199. The van der Waals surface area contributed by atoms with Crippen molar-refractivity contribution in [2.75, 3.05) is 13.2 Å². The monoisotopic (exact) mass is 291 g/mol. The van der Waals surface area contributed by atoms with Crippen molar-refractivity contribution in [3.05, 3.63) is 66.7 Å². The molecule has 110 valence electrons. The summed E-state index contributed by atoms with van der Waals surface area (Å²) in [5, 5.41) is 11.8. The second-order valence-corrected chi connectivity index (χ2v) is 5.20. The van der Waals surface area contributed by atoms with E-state index >= 15 is 0 Å². The van der Waals surface area contributed by atoms with Crippen LogP contribution < -0.4 is 16.7 Å². The molecular weight excluding hydrogens is 273 g/mol. The minimum atomic E-state index is -0.199. The van der Waals surface area contributed by atoms with Crippen LogP contribution in [0.4, 0.5) is 0 Å². The van der Waals surface area contributed by atoms with Gasteiger partial charge < -0.3 is 15.5 Å². The molecule has 22 heavy (non-hydrogen) atoms. The third kappa shape index (κ3) is 2.98. The highest BCUT2D eigenvalue weighted by Gasteiger charge is 2.23. The first-order valence-corrected chi connectivity index (χ1v) is 7.38. The van der Waals surface area contributed by atoms with E-state index in [4.69, 9.17) is 10.4 Å². The van der Waals surface area contributed by atoms with E-state index < -0.39 is 0 Å². The summed E-state index contributed by atoms with van der Waals surface area (Å²) in [6, 6.07) is 21.6. The Morgan fingerprint density at radius 2 is 1.64 bits per heavy atom. The van der Waals surface area contributed by atoms with Gasteiger partial charge in [-0.15, -0.1) is 0 Å². The maximum absolute atomic E-state index is 9.50. The molecule has 3 N–H and O–H groups in total. The van der Waals surface area contributed by atoms with E-state index in [-0.39, 0.29) is 12.7 Å². The molecule has 0 saturated carbocycles. The van der Waals surface area contributed by atoms with Crippen LogP contribution in [0, 0.1) is 0 Å². The summed E-state index contributed by atoms with van der Waals surface area (Å²) in [5.74, 6) is 0.249. The maximum atomic E-state index is 9.50. The summed E-state index contributed by atoms with van der Waals surface area (Å²) in [6.45, 7) is 0.754. The van der Waals surface area contributed by atoms with Gasteiger partial charge in [-0.2, -0.15) is 0 Å². The lowest BCUT2D eigenvalue weighted by molar-refractivity contribution is 0.345. The zero-order chi connectivity index (χ0) is 15.4. The molecule has 0 fully saturated rings. The van der Waals surface area contributed by atoms with Crippen LogP contribution in [0.2, 0.25) is 0 Å². The molecule has 3 aromatic rings. The number of phenols is 1. The van der Waals surface area contributed by atoms with Crippen LogP contribution in [0.15, 0.2) is 66.7 Å². The average molecular weight is 291 g/mol. The molecule has 0 spiro atoms. The molecule has 0 atom stereocenters. The van der Waals surface area contributed by atoms with Crippen molar-refractivity contribution in [3.63, 3.8) is 0 Å². The van der Waals surface area contributed by atoms with Crippen LogP contribution in [-0.4, -0.2) is 25.2 Å². The Kier molecular flexibility index (Phi) is 4.42. The SMILES string of the molecule is NCCOB(c1ccc(O)cc1)c1cccc2ccccc12. The van der Waals surface area contributed by atoms with E-state index in [1.165, 1.54) is 10.8 Å². The van der Waals surface area contributed by atoms with E-state index in [1.54, 1.807) is 12.1 Å². The third-order valence-electron chi connectivity index (χ3n) is 3.70. The van der Waals surface area contributed by atoms with Gasteiger partial charge in [0, 0.05) is 13.2 Å². The van der Waals surface area contributed by atoms with Gasteiger partial charge in [0.25, 0.3) is 0 Å². The van der Waals surface area contributed by atoms with Gasteiger partial charge in [0.2, 0.25) is 0 Å². The van der Waals surface area contributed by atoms with E-state index in [2.05, 4.69) is 24.3 Å². The first-order valence-electron chi connectivity index (χ1n) is 7.38. The number of hydrogen-bond acceptors (Lipinski definition) is 3. The van der Waals surface area contributed by atoms with Crippen molar-refractivity contribution in [1.29, 1.82) is 0 Å². The van der Waals surface area contributed by atoms with Crippen LogP contribution in [0.1, 0.15) is 0 Å². The molecule has 4 heteroatoms. The fourth-order valence-corrected chi connectivity index (χ4v) is 2.68. The fourth-order valence-electron chi connectivity index (χ4n) is 2.68. The molecule has 0 saturated heterocycles. The van der Waals surface area contributed by atoms with Gasteiger partial charge >= 0.3 is 6.92 Å². The minimum Gasteiger partial charge on any atom is -0.508 e. The maximum Gasteiger partial charge on any atom is 0.362 e. The van der Waals surface area contributed by atoms with Gasteiger partial charge in [-0.3, -0.25) is 0 Å². The molecule has 3 rings (SSSR count). The van der Waals surface area contributed by atoms with E-state index in [0.29, 0.717) is 13.2 Å².